The van der Waals surface area contributed by atoms with Gasteiger partial charge >= 0.3 is 0 Å². The van der Waals surface area contributed by atoms with Gasteiger partial charge in [-0.25, -0.2) is 4.98 Å². The number of ether oxygens (including phenoxy) is 1. The molecule has 1 aromatic rings. The molecule has 0 aliphatic heterocycles. The van der Waals surface area contributed by atoms with Crippen LogP contribution in [-0.4, -0.2) is 15.7 Å². The van der Waals surface area contributed by atoms with Crippen LogP contribution in [0.3, 0.4) is 0 Å². The average molecular weight is 197 g/mol. The van der Waals surface area contributed by atoms with E-state index in [4.69, 9.17) is 10.5 Å². The highest BCUT2D eigenvalue weighted by Crippen LogP contribution is 2.13. The highest BCUT2D eigenvalue weighted by molar-refractivity contribution is 5.22. The van der Waals surface area contributed by atoms with E-state index >= 15 is 0 Å². The number of imidazole rings is 1. The number of rotatable bonds is 4. The molecule has 0 fully saturated rings. The van der Waals surface area contributed by atoms with Crippen LogP contribution in [0, 0.1) is 0 Å². The van der Waals surface area contributed by atoms with Gasteiger partial charge in [-0.05, 0) is 27.7 Å². The molecule has 80 valence electrons. The Morgan fingerprint density at radius 1 is 1.43 bits per heavy atom. The summed E-state index contributed by atoms with van der Waals surface area (Å²) in [6.45, 7) is 8.68. The van der Waals surface area contributed by atoms with Crippen molar-refractivity contribution >= 4 is 5.95 Å². The third-order valence-corrected chi connectivity index (χ3v) is 1.93. The summed E-state index contributed by atoms with van der Waals surface area (Å²) in [5.74, 6) is 0.558. The van der Waals surface area contributed by atoms with E-state index in [1.165, 1.54) is 0 Å². The topological polar surface area (TPSA) is 53.1 Å². The van der Waals surface area contributed by atoms with E-state index < -0.39 is 0 Å². The summed E-state index contributed by atoms with van der Waals surface area (Å²) in [6, 6.07) is 0.343. The van der Waals surface area contributed by atoms with E-state index in [0.29, 0.717) is 18.6 Å². The maximum absolute atomic E-state index is 5.74. The summed E-state index contributed by atoms with van der Waals surface area (Å²) in [6.07, 6.45) is 2.17. The Bertz CT molecular complexity index is 292. The van der Waals surface area contributed by atoms with Crippen molar-refractivity contribution in [3.05, 3.63) is 11.9 Å². The van der Waals surface area contributed by atoms with Gasteiger partial charge in [0.25, 0.3) is 0 Å². The Hall–Kier alpha value is -1.03. The van der Waals surface area contributed by atoms with Crippen LogP contribution in [-0.2, 0) is 11.3 Å². The van der Waals surface area contributed by atoms with Crippen LogP contribution in [0.2, 0.25) is 0 Å². The normalized spacial score (nSPS) is 11.6. The minimum Gasteiger partial charge on any atom is -0.372 e. The molecule has 0 bridgehead atoms. The SMILES string of the molecule is CC(C)OCc1cn(C(C)C)c(N)n1. The molecule has 0 atom stereocenters. The average Bonchev–Trinajstić information content (AvgIpc) is 2.43. The van der Waals surface area contributed by atoms with E-state index in [9.17, 15) is 0 Å². The molecule has 0 aromatic carbocycles. The maximum atomic E-state index is 5.74. The molecule has 1 aromatic heterocycles. The second-order valence-electron chi connectivity index (χ2n) is 3.95. The van der Waals surface area contributed by atoms with Gasteiger partial charge in [-0.1, -0.05) is 0 Å². The van der Waals surface area contributed by atoms with Gasteiger partial charge in [-0.3, -0.25) is 0 Å². The first kappa shape index (κ1) is 11.0. The highest BCUT2D eigenvalue weighted by Gasteiger charge is 2.07. The van der Waals surface area contributed by atoms with Crippen molar-refractivity contribution < 1.29 is 4.74 Å². The number of aromatic nitrogens is 2. The Balaban J connectivity index is 2.66. The largest absolute Gasteiger partial charge is 0.372 e. The van der Waals surface area contributed by atoms with Gasteiger partial charge in [0.1, 0.15) is 0 Å². The molecule has 4 nitrogen and oxygen atoms in total. The van der Waals surface area contributed by atoms with Crippen LogP contribution in [0.5, 0.6) is 0 Å². The Morgan fingerprint density at radius 2 is 2.07 bits per heavy atom. The highest BCUT2D eigenvalue weighted by atomic mass is 16.5. The van der Waals surface area contributed by atoms with Gasteiger partial charge in [0.05, 0.1) is 18.4 Å². The zero-order valence-electron chi connectivity index (χ0n) is 9.32. The molecule has 0 saturated heterocycles. The number of nitrogens with zero attached hydrogens (tertiary/aromatic N) is 2. The first-order valence-electron chi connectivity index (χ1n) is 4.95. The van der Waals surface area contributed by atoms with Crippen molar-refractivity contribution in [1.29, 1.82) is 0 Å². The summed E-state index contributed by atoms with van der Waals surface area (Å²) >= 11 is 0. The third kappa shape index (κ3) is 2.73. The van der Waals surface area contributed by atoms with Crippen LogP contribution >= 0.6 is 0 Å². The van der Waals surface area contributed by atoms with E-state index in [0.717, 1.165) is 5.69 Å². The summed E-state index contributed by atoms with van der Waals surface area (Å²) in [4.78, 5) is 4.22. The number of nitrogen functional groups attached to an aromatic ring is 1. The predicted octanol–water partition coefficient (Wildman–Crippen LogP) is 1.97. The van der Waals surface area contributed by atoms with E-state index in [1.807, 2.05) is 24.6 Å². The van der Waals surface area contributed by atoms with Crippen molar-refractivity contribution in [2.75, 3.05) is 5.73 Å². The molecular formula is C10H19N3O. The lowest BCUT2D eigenvalue weighted by Gasteiger charge is -2.07. The number of hydrogen-bond acceptors (Lipinski definition) is 3. The molecule has 0 saturated carbocycles. The molecule has 1 rings (SSSR count). The van der Waals surface area contributed by atoms with Crippen molar-refractivity contribution in [3.63, 3.8) is 0 Å². The van der Waals surface area contributed by atoms with Crippen LogP contribution in [0.15, 0.2) is 6.20 Å². The summed E-state index contributed by atoms with van der Waals surface area (Å²) in [5.41, 5.74) is 6.64. The van der Waals surface area contributed by atoms with Gasteiger partial charge in [-0.15, -0.1) is 0 Å². The Kier molecular flexibility index (Phi) is 3.52. The lowest BCUT2D eigenvalue weighted by Crippen LogP contribution is -2.03. The van der Waals surface area contributed by atoms with Gasteiger partial charge in [-0.2, -0.15) is 0 Å². The standard InChI is InChI=1S/C10H19N3O/c1-7(2)13-5-9(12-10(13)11)6-14-8(3)4/h5,7-8H,6H2,1-4H3,(H2,11,12). The molecule has 0 aliphatic carbocycles. The second kappa shape index (κ2) is 4.46. The molecule has 2 N–H and O–H groups in total. The van der Waals surface area contributed by atoms with Crippen molar-refractivity contribution in [2.24, 2.45) is 0 Å². The lowest BCUT2D eigenvalue weighted by molar-refractivity contribution is 0.0637. The fourth-order valence-electron chi connectivity index (χ4n) is 1.20. The lowest BCUT2D eigenvalue weighted by atomic mass is 10.4. The molecule has 14 heavy (non-hydrogen) atoms. The van der Waals surface area contributed by atoms with Crippen LogP contribution in [0.25, 0.3) is 0 Å². The van der Waals surface area contributed by atoms with Crippen molar-refractivity contribution in [3.8, 4) is 0 Å². The molecular weight excluding hydrogens is 178 g/mol. The summed E-state index contributed by atoms with van der Waals surface area (Å²) in [7, 11) is 0. The third-order valence-electron chi connectivity index (χ3n) is 1.93. The van der Waals surface area contributed by atoms with Crippen molar-refractivity contribution in [1.82, 2.24) is 9.55 Å². The van der Waals surface area contributed by atoms with Crippen LogP contribution < -0.4 is 5.73 Å². The minimum absolute atomic E-state index is 0.223. The molecule has 4 heteroatoms. The number of anilines is 1. The first-order chi connectivity index (χ1) is 6.50. The monoisotopic (exact) mass is 197 g/mol. The molecule has 0 radical (unpaired) electrons. The first-order valence-corrected chi connectivity index (χ1v) is 4.95. The molecule has 0 amide bonds. The van der Waals surface area contributed by atoms with Gasteiger partial charge in [0.15, 0.2) is 0 Å². The fraction of sp³-hybridized carbons (Fsp3) is 0.700. The smallest absolute Gasteiger partial charge is 0.200 e. The van der Waals surface area contributed by atoms with E-state index in [-0.39, 0.29) is 6.10 Å². The predicted molar refractivity (Wildman–Crippen MR) is 56.9 cm³/mol. The van der Waals surface area contributed by atoms with Crippen LogP contribution in [0.4, 0.5) is 5.95 Å². The van der Waals surface area contributed by atoms with E-state index in [2.05, 4.69) is 18.8 Å². The van der Waals surface area contributed by atoms with Crippen molar-refractivity contribution in [2.45, 2.75) is 46.4 Å². The quantitative estimate of drug-likeness (QED) is 0.802. The number of hydrogen-bond donors (Lipinski definition) is 1. The number of nitrogens with two attached hydrogens (primary N) is 1. The molecule has 0 unspecified atom stereocenters. The zero-order valence-corrected chi connectivity index (χ0v) is 9.32. The van der Waals surface area contributed by atoms with Gasteiger partial charge < -0.3 is 15.0 Å². The van der Waals surface area contributed by atoms with E-state index in [1.54, 1.807) is 0 Å². The Morgan fingerprint density at radius 3 is 2.50 bits per heavy atom. The summed E-state index contributed by atoms with van der Waals surface area (Å²) in [5, 5.41) is 0. The maximum Gasteiger partial charge on any atom is 0.200 e. The van der Waals surface area contributed by atoms with Crippen LogP contribution in [0.1, 0.15) is 39.4 Å². The Labute approximate surface area is 85.1 Å². The van der Waals surface area contributed by atoms with Gasteiger partial charge in [0.2, 0.25) is 5.95 Å². The molecule has 0 aliphatic rings. The fourth-order valence-corrected chi connectivity index (χ4v) is 1.20. The zero-order chi connectivity index (χ0) is 10.7. The summed E-state index contributed by atoms with van der Waals surface area (Å²) < 4.78 is 7.39. The van der Waals surface area contributed by atoms with Gasteiger partial charge in [0, 0.05) is 12.2 Å². The molecule has 1 heterocycles. The molecule has 0 spiro atoms. The minimum atomic E-state index is 0.223. The second-order valence-corrected chi connectivity index (χ2v) is 3.95.